The van der Waals surface area contributed by atoms with Gasteiger partial charge in [0.1, 0.15) is 11.9 Å². The van der Waals surface area contributed by atoms with Crippen LogP contribution in [0.25, 0.3) is 11.0 Å². The molecule has 1 atom stereocenters. The first-order valence-corrected chi connectivity index (χ1v) is 12.9. The van der Waals surface area contributed by atoms with Gasteiger partial charge in [-0.3, -0.25) is 9.59 Å². The number of anilines is 1. The molecule has 0 saturated heterocycles. The van der Waals surface area contributed by atoms with Crippen LogP contribution in [0.5, 0.6) is 0 Å². The highest BCUT2D eigenvalue weighted by Crippen LogP contribution is 2.26. The molecule has 4 rings (SSSR count). The van der Waals surface area contributed by atoms with Gasteiger partial charge in [-0.25, -0.2) is 4.98 Å². The maximum absolute atomic E-state index is 13.7. The van der Waals surface area contributed by atoms with Gasteiger partial charge in [-0.1, -0.05) is 51.7 Å². The summed E-state index contributed by atoms with van der Waals surface area (Å²) in [6, 6.07) is 13.5. The van der Waals surface area contributed by atoms with Crippen LogP contribution in [-0.2, 0) is 17.9 Å². The summed E-state index contributed by atoms with van der Waals surface area (Å²) in [6.07, 6.45) is 6.39. The average molecular weight is 476 g/mol. The molecule has 3 aromatic rings. The lowest BCUT2D eigenvalue weighted by molar-refractivity contribution is -0.131. The van der Waals surface area contributed by atoms with Gasteiger partial charge in [0.05, 0.1) is 17.6 Å². The average Bonchev–Trinajstić information content (AvgIpc) is 3.23. The van der Waals surface area contributed by atoms with Crippen LogP contribution in [0, 0.1) is 0 Å². The van der Waals surface area contributed by atoms with Crippen LogP contribution in [0.2, 0.25) is 0 Å². The first kappa shape index (κ1) is 24.8. The Hall–Kier alpha value is -3.35. The summed E-state index contributed by atoms with van der Waals surface area (Å²) in [7, 11) is 1.82. The van der Waals surface area contributed by atoms with Crippen molar-refractivity contribution in [1.82, 2.24) is 19.8 Å². The van der Waals surface area contributed by atoms with Crippen LogP contribution in [0.4, 0.5) is 5.69 Å². The molecule has 35 heavy (non-hydrogen) atoms. The van der Waals surface area contributed by atoms with Gasteiger partial charge in [-0.05, 0) is 48.7 Å². The number of aromatic amines is 1. The molecule has 7 heteroatoms. The Morgan fingerprint density at radius 2 is 1.91 bits per heavy atom. The van der Waals surface area contributed by atoms with Crippen LogP contribution in [-0.4, -0.2) is 51.2 Å². The summed E-state index contributed by atoms with van der Waals surface area (Å²) < 4.78 is 0. The highest BCUT2D eigenvalue weighted by atomic mass is 16.2. The Morgan fingerprint density at radius 3 is 2.69 bits per heavy atom. The molecular formula is C28H37N5O2. The van der Waals surface area contributed by atoms with Gasteiger partial charge in [0.2, 0.25) is 5.91 Å². The number of amides is 2. The van der Waals surface area contributed by atoms with Gasteiger partial charge < -0.3 is 20.1 Å². The van der Waals surface area contributed by atoms with Gasteiger partial charge in [0.25, 0.3) is 5.91 Å². The smallest absolute Gasteiger partial charge is 0.254 e. The van der Waals surface area contributed by atoms with Gasteiger partial charge in [-0.15, -0.1) is 0 Å². The van der Waals surface area contributed by atoms with E-state index in [1.807, 2.05) is 61.3 Å². The zero-order valence-electron chi connectivity index (χ0n) is 21.1. The van der Waals surface area contributed by atoms with Crippen molar-refractivity contribution in [1.29, 1.82) is 0 Å². The SMILES string of the molecule is CCCCCCCN(Cc1nc2ccccc2[nH]1)C(=O)c1ccc2c(c1)CN(C)C(=O)C(CC)N2. The monoisotopic (exact) mass is 475 g/mol. The van der Waals surface area contributed by atoms with Crippen LogP contribution in [0.15, 0.2) is 42.5 Å². The van der Waals surface area contributed by atoms with Crippen LogP contribution < -0.4 is 5.32 Å². The number of unbranched alkanes of at least 4 members (excludes halogenated alkanes) is 4. The second-order valence-corrected chi connectivity index (χ2v) is 9.51. The van der Waals surface area contributed by atoms with Crippen molar-refractivity contribution in [3.63, 3.8) is 0 Å². The van der Waals surface area contributed by atoms with Crippen molar-refractivity contribution in [3.05, 3.63) is 59.4 Å². The molecule has 1 aliphatic heterocycles. The summed E-state index contributed by atoms with van der Waals surface area (Å²) in [6.45, 7) is 5.82. The summed E-state index contributed by atoms with van der Waals surface area (Å²) >= 11 is 0. The van der Waals surface area contributed by atoms with E-state index in [2.05, 4.69) is 17.2 Å². The predicted molar refractivity (Wildman–Crippen MR) is 140 cm³/mol. The summed E-state index contributed by atoms with van der Waals surface area (Å²) in [4.78, 5) is 38.0. The molecule has 2 N–H and O–H groups in total. The van der Waals surface area contributed by atoms with Crippen molar-refractivity contribution < 1.29 is 9.59 Å². The standard InChI is InChI=1S/C28H37N5O2/c1-4-6-7-8-11-16-33(19-26-30-24-12-9-10-13-25(24)31-26)27(34)20-14-15-23-21(17-20)18-32(3)28(35)22(5-2)29-23/h9-10,12-15,17,22,29H,4-8,11,16,18-19H2,1-3H3,(H,30,31). The van der Waals surface area contributed by atoms with E-state index in [0.717, 1.165) is 41.0 Å². The lowest BCUT2D eigenvalue weighted by Crippen LogP contribution is -2.37. The fraction of sp³-hybridized carbons (Fsp3) is 0.464. The van der Waals surface area contributed by atoms with E-state index in [1.165, 1.54) is 19.3 Å². The number of nitrogens with one attached hydrogen (secondary N) is 2. The minimum atomic E-state index is -0.240. The number of carbonyl (C=O) groups excluding carboxylic acids is 2. The highest BCUT2D eigenvalue weighted by Gasteiger charge is 2.27. The number of likely N-dealkylation sites (N-methyl/N-ethyl adjacent to an activating group) is 1. The van der Waals surface area contributed by atoms with Crippen molar-refractivity contribution in [2.24, 2.45) is 0 Å². The first-order valence-electron chi connectivity index (χ1n) is 12.9. The van der Waals surface area contributed by atoms with Crippen molar-refractivity contribution in [3.8, 4) is 0 Å². The molecule has 1 aliphatic rings. The molecule has 0 radical (unpaired) electrons. The lowest BCUT2D eigenvalue weighted by Gasteiger charge is -2.23. The number of aromatic nitrogens is 2. The van der Waals surface area contributed by atoms with E-state index in [0.29, 0.717) is 31.6 Å². The topological polar surface area (TPSA) is 81.3 Å². The molecular weight excluding hydrogens is 438 g/mol. The van der Waals surface area contributed by atoms with Crippen molar-refractivity contribution >= 4 is 28.5 Å². The molecule has 0 saturated carbocycles. The van der Waals surface area contributed by atoms with Gasteiger partial charge in [-0.2, -0.15) is 0 Å². The maximum Gasteiger partial charge on any atom is 0.254 e. The second-order valence-electron chi connectivity index (χ2n) is 9.51. The van der Waals surface area contributed by atoms with Gasteiger partial charge in [0.15, 0.2) is 0 Å². The van der Waals surface area contributed by atoms with Crippen LogP contribution in [0.1, 0.15) is 74.1 Å². The number of H-pyrrole nitrogens is 1. The van der Waals surface area contributed by atoms with Crippen LogP contribution in [0.3, 0.4) is 0 Å². The Bertz CT molecular complexity index is 1140. The molecule has 0 aliphatic carbocycles. The number of imidazole rings is 1. The molecule has 2 heterocycles. The zero-order valence-corrected chi connectivity index (χ0v) is 21.1. The maximum atomic E-state index is 13.7. The molecule has 1 aromatic heterocycles. The number of hydrogen-bond acceptors (Lipinski definition) is 4. The minimum Gasteiger partial charge on any atom is -0.373 e. The number of para-hydroxylation sites is 2. The fourth-order valence-electron chi connectivity index (χ4n) is 4.73. The molecule has 186 valence electrons. The van der Waals surface area contributed by atoms with E-state index in [9.17, 15) is 9.59 Å². The molecule has 2 amide bonds. The fourth-order valence-corrected chi connectivity index (χ4v) is 4.73. The number of carbonyl (C=O) groups is 2. The molecule has 0 fully saturated rings. The molecule has 0 spiro atoms. The number of fused-ring (bicyclic) bond motifs is 2. The lowest BCUT2D eigenvalue weighted by atomic mass is 10.1. The second kappa shape index (κ2) is 11.4. The largest absolute Gasteiger partial charge is 0.373 e. The van der Waals surface area contributed by atoms with E-state index >= 15 is 0 Å². The Balaban J connectivity index is 1.56. The summed E-state index contributed by atoms with van der Waals surface area (Å²) in [5.74, 6) is 0.866. The highest BCUT2D eigenvalue weighted by molar-refractivity contribution is 5.95. The molecule has 1 unspecified atom stereocenters. The Morgan fingerprint density at radius 1 is 1.11 bits per heavy atom. The third kappa shape index (κ3) is 5.84. The van der Waals surface area contributed by atoms with E-state index < -0.39 is 0 Å². The van der Waals surface area contributed by atoms with Gasteiger partial charge >= 0.3 is 0 Å². The predicted octanol–water partition coefficient (Wildman–Crippen LogP) is 5.34. The minimum absolute atomic E-state index is 0.00554. The summed E-state index contributed by atoms with van der Waals surface area (Å²) in [5.41, 5.74) is 4.43. The number of nitrogens with zero attached hydrogens (tertiary/aromatic N) is 3. The van der Waals surface area contributed by atoms with E-state index in [-0.39, 0.29) is 17.9 Å². The van der Waals surface area contributed by atoms with Crippen molar-refractivity contribution in [2.75, 3.05) is 18.9 Å². The third-order valence-corrected chi connectivity index (χ3v) is 6.77. The van der Waals surface area contributed by atoms with E-state index in [4.69, 9.17) is 4.98 Å². The number of rotatable bonds is 10. The number of benzene rings is 2. The van der Waals surface area contributed by atoms with Crippen LogP contribution >= 0.6 is 0 Å². The zero-order chi connectivity index (χ0) is 24.8. The molecule has 2 aromatic carbocycles. The molecule has 7 nitrogen and oxygen atoms in total. The van der Waals surface area contributed by atoms with Crippen molar-refractivity contribution in [2.45, 2.75) is 71.5 Å². The van der Waals surface area contributed by atoms with Gasteiger partial charge in [0, 0.05) is 31.4 Å². The summed E-state index contributed by atoms with van der Waals surface area (Å²) in [5, 5.41) is 3.36. The third-order valence-electron chi connectivity index (χ3n) is 6.77. The Labute approximate surface area is 207 Å². The quantitative estimate of drug-likeness (QED) is 0.388. The Kier molecular flexibility index (Phi) is 8.06. The van der Waals surface area contributed by atoms with E-state index in [1.54, 1.807) is 4.90 Å². The normalized spacial score (nSPS) is 15.6. The molecule has 0 bridgehead atoms. The number of hydrogen-bond donors (Lipinski definition) is 2. The first-order chi connectivity index (χ1) is 17.0.